The number of rotatable bonds is 6. The van der Waals surface area contributed by atoms with Gasteiger partial charge in [0.1, 0.15) is 5.76 Å². The second-order valence-electron chi connectivity index (χ2n) is 4.08. The van der Waals surface area contributed by atoms with E-state index in [1.54, 1.807) is 18.2 Å². The minimum atomic E-state index is -0.313. The van der Waals surface area contributed by atoms with Gasteiger partial charge in [-0.1, -0.05) is 31.2 Å². The molecule has 1 aliphatic carbocycles. The van der Waals surface area contributed by atoms with Crippen LogP contribution in [-0.2, 0) is 9.53 Å². The van der Waals surface area contributed by atoms with Crippen molar-refractivity contribution >= 4 is 5.97 Å². The monoisotopic (exact) mass is 248 g/mol. The van der Waals surface area contributed by atoms with Crippen LogP contribution in [0.5, 0.6) is 0 Å². The molecule has 1 atom stereocenters. The fourth-order valence-corrected chi connectivity index (χ4v) is 1.53. The predicted molar refractivity (Wildman–Crippen MR) is 72.1 cm³/mol. The van der Waals surface area contributed by atoms with Crippen molar-refractivity contribution in [2.24, 2.45) is 5.92 Å². The summed E-state index contributed by atoms with van der Waals surface area (Å²) < 4.78 is 5.03. The van der Waals surface area contributed by atoms with Gasteiger partial charge in [-0.2, -0.15) is 0 Å². The number of aliphatic hydroxyl groups is 1. The van der Waals surface area contributed by atoms with E-state index in [1.807, 2.05) is 12.2 Å². The van der Waals surface area contributed by atoms with Crippen LogP contribution >= 0.6 is 0 Å². The molecular weight excluding hydrogens is 228 g/mol. The first-order chi connectivity index (χ1) is 8.72. The van der Waals surface area contributed by atoms with E-state index in [0.717, 1.165) is 12.8 Å². The average Bonchev–Trinajstić information content (AvgIpc) is 2.38. The Bertz CT molecular complexity index is 375. The van der Waals surface area contributed by atoms with Crippen molar-refractivity contribution in [3.8, 4) is 0 Å². The van der Waals surface area contributed by atoms with Gasteiger partial charge in [0.25, 0.3) is 0 Å². The van der Waals surface area contributed by atoms with Crippen LogP contribution in [0.15, 0.2) is 48.3 Å². The van der Waals surface area contributed by atoms with Crippen LogP contribution in [0.25, 0.3) is 0 Å². The van der Waals surface area contributed by atoms with Crippen LogP contribution in [-0.4, -0.2) is 17.7 Å². The minimum Gasteiger partial charge on any atom is -0.508 e. The Kier molecular flexibility index (Phi) is 6.62. The van der Waals surface area contributed by atoms with E-state index < -0.39 is 0 Å². The maximum absolute atomic E-state index is 11.4. The van der Waals surface area contributed by atoms with Gasteiger partial charge < -0.3 is 9.84 Å². The maximum atomic E-state index is 11.4. The molecule has 0 aromatic carbocycles. The molecular formula is C15H20O3. The third kappa shape index (κ3) is 6.09. The summed E-state index contributed by atoms with van der Waals surface area (Å²) in [4.78, 5) is 11.4. The topological polar surface area (TPSA) is 46.5 Å². The van der Waals surface area contributed by atoms with Crippen LogP contribution in [0.3, 0.4) is 0 Å². The highest BCUT2D eigenvalue weighted by Gasteiger charge is 2.05. The lowest BCUT2D eigenvalue weighted by Gasteiger charge is -2.08. The van der Waals surface area contributed by atoms with E-state index in [2.05, 4.69) is 13.0 Å². The van der Waals surface area contributed by atoms with E-state index in [-0.39, 0.29) is 17.6 Å². The van der Waals surface area contributed by atoms with Crippen LogP contribution in [0.4, 0.5) is 0 Å². The summed E-state index contributed by atoms with van der Waals surface area (Å²) in [5.74, 6) is 0.130. The highest BCUT2D eigenvalue weighted by atomic mass is 16.5. The Morgan fingerprint density at radius 1 is 1.56 bits per heavy atom. The molecule has 98 valence electrons. The fraction of sp³-hybridized carbons (Fsp3) is 0.400. The number of ether oxygens (including phenoxy) is 1. The Labute approximate surface area is 108 Å². The molecule has 1 aliphatic rings. The lowest BCUT2D eigenvalue weighted by molar-refractivity contribution is -0.137. The van der Waals surface area contributed by atoms with Crippen molar-refractivity contribution in [1.29, 1.82) is 0 Å². The Morgan fingerprint density at radius 3 is 3.06 bits per heavy atom. The van der Waals surface area contributed by atoms with Gasteiger partial charge in [0, 0.05) is 6.08 Å². The Morgan fingerprint density at radius 2 is 2.39 bits per heavy atom. The predicted octanol–water partition coefficient (Wildman–Crippen LogP) is 3.46. The lowest BCUT2D eigenvalue weighted by Crippen LogP contribution is -2.03. The van der Waals surface area contributed by atoms with Gasteiger partial charge in [-0.25, -0.2) is 4.79 Å². The number of allylic oxidation sites excluding steroid dienone is 5. The van der Waals surface area contributed by atoms with Gasteiger partial charge in [-0.15, -0.1) is 0 Å². The fourth-order valence-electron chi connectivity index (χ4n) is 1.53. The van der Waals surface area contributed by atoms with Crippen molar-refractivity contribution < 1.29 is 14.6 Å². The van der Waals surface area contributed by atoms with Gasteiger partial charge in [-0.05, 0) is 37.3 Å². The molecule has 0 radical (unpaired) electrons. The van der Waals surface area contributed by atoms with Gasteiger partial charge in [0.15, 0.2) is 0 Å². The number of carbonyl (C=O) groups is 1. The molecule has 0 aromatic heterocycles. The molecule has 1 rings (SSSR count). The summed E-state index contributed by atoms with van der Waals surface area (Å²) in [6, 6.07) is 0. The normalized spacial score (nSPS) is 19.4. The van der Waals surface area contributed by atoms with Crippen molar-refractivity contribution in [3.05, 3.63) is 48.3 Å². The van der Waals surface area contributed by atoms with Crippen LogP contribution in [0.1, 0.15) is 26.2 Å². The zero-order valence-electron chi connectivity index (χ0n) is 10.7. The first kappa shape index (κ1) is 14.3. The second kappa shape index (κ2) is 8.34. The quantitative estimate of drug-likeness (QED) is 0.339. The van der Waals surface area contributed by atoms with Gasteiger partial charge >= 0.3 is 5.97 Å². The number of hydrogen-bond donors (Lipinski definition) is 1. The van der Waals surface area contributed by atoms with Crippen molar-refractivity contribution in [2.75, 3.05) is 6.61 Å². The summed E-state index contributed by atoms with van der Waals surface area (Å²) in [7, 11) is 0. The van der Waals surface area contributed by atoms with E-state index in [9.17, 15) is 4.79 Å². The smallest absolute Gasteiger partial charge is 0.330 e. The second-order valence-corrected chi connectivity index (χ2v) is 4.08. The lowest BCUT2D eigenvalue weighted by atomic mass is 10.00. The molecule has 3 nitrogen and oxygen atoms in total. The van der Waals surface area contributed by atoms with Crippen LogP contribution in [0, 0.1) is 5.92 Å². The van der Waals surface area contributed by atoms with E-state index in [0.29, 0.717) is 13.0 Å². The van der Waals surface area contributed by atoms with Gasteiger partial charge in [0.2, 0.25) is 0 Å². The van der Waals surface area contributed by atoms with Gasteiger partial charge in [0.05, 0.1) is 6.61 Å². The molecule has 0 spiro atoms. The van der Waals surface area contributed by atoms with Crippen molar-refractivity contribution in [3.63, 3.8) is 0 Å². The molecule has 3 heteroatoms. The number of carbonyl (C=O) groups excluding carboxylic acids is 1. The summed E-state index contributed by atoms with van der Waals surface area (Å²) in [6.07, 6.45) is 15.0. The van der Waals surface area contributed by atoms with Crippen LogP contribution in [0.2, 0.25) is 0 Å². The van der Waals surface area contributed by atoms with Gasteiger partial charge in [-0.3, -0.25) is 0 Å². The largest absolute Gasteiger partial charge is 0.508 e. The average molecular weight is 248 g/mol. The molecule has 0 fully saturated rings. The summed E-state index contributed by atoms with van der Waals surface area (Å²) >= 11 is 0. The molecule has 18 heavy (non-hydrogen) atoms. The van der Waals surface area contributed by atoms with Crippen LogP contribution < -0.4 is 0 Å². The first-order valence-electron chi connectivity index (χ1n) is 6.29. The number of aliphatic hydroxyl groups excluding tert-OH is 1. The SMILES string of the molecule is CC/C=C\CCOC(=O)/C=C/C1C=CC(O)=CC1. The number of esters is 1. The molecule has 0 bridgehead atoms. The Hall–Kier alpha value is -1.77. The molecule has 0 amide bonds. The molecule has 0 heterocycles. The zero-order valence-corrected chi connectivity index (χ0v) is 10.7. The highest BCUT2D eigenvalue weighted by molar-refractivity contribution is 5.81. The van der Waals surface area contributed by atoms with E-state index in [1.165, 1.54) is 6.08 Å². The first-order valence-corrected chi connectivity index (χ1v) is 6.29. The Balaban J connectivity index is 2.20. The van der Waals surface area contributed by atoms with E-state index in [4.69, 9.17) is 9.84 Å². The third-order valence-electron chi connectivity index (χ3n) is 2.52. The third-order valence-corrected chi connectivity index (χ3v) is 2.52. The molecule has 0 saturated heterocycles. The maximum Gasteiger partial charge on any atom is 0.330 e. The van der Waals surface area contributed by atoms with Crippen molar-refractivity contribution in [1.82, 2.24) is 0 Å². The minimum absolute atomic E-state index is 0.161. The zero-order chi connectivity index (χ0) is 13.2. The molecule has 0 aliphatic heterocycles. The standard InChI is InChI=1S/C15H20O3/c1-2-3-4-5-12-18-15(17)11-8-13-6-9-14(16)10-7-13/h3-4,6,8-11,13,16H,2,5,7,12H2,1H3/b4-3-,11-8+. The molecule has 1 unspecified atom stereocenters. The number of hydrogen-bond acceptors (Lipinski definition) is 3. The molecule has 0 saturated carbocycles. The summed E-state index contributed by atoms with van der Waals surface area (Å²) in [6.45, 7) is 2.48. The van der Waals surface area contributed by atoms with E-state index >= 15 is 0 Å². The van der Waals surface area contributed by atoms with Crippen molar-refractivity contribution in [2.45, 2.75) is 26.2 Å². The molecule has 0 aromatic rings. The summed E-state index contributed by atoms with van der Waals surface area (Å²) in [5.41, 5.74) is 0. The summed E-state index contributed by atoms with van der Waals surface area (Å²) in [5, 5.41) is 9.14. The molecule has 1 N–H and O–H groups in total. The highest BCUT2D eigenvalue weighted by Crippen LogP contribution is 2.15.